The van der Waals surface area contributed by atoms with Gasteiger partial charge in [-0.05, 0) is 54.8 Å². The number of carbonyl (C=O) groups excluding carboxylic acids is 3. The van der Waals surface area contributed by atoms with Gasteiger partial charge in [0.05, 0.1) is 24.9 Å². The van der Waals surface area contributed by atoms with Crippen LogP contribution in [0.25, 0.3) is 5.57 Å². The topological polar surface area (TPSA) is 69.7 Å². The van der Waals surface area contributed by atoms with E-state index in [9.17, 15) is 18.8 Å². The Morgan fingerprint density at radius 2 is 1.83 bits per heavy atom. The Morgan fingerprint density at radius 1 is 1.17 bits per heavy atom. The molecule has 156 valence electrons. The largest absolute Gasteiger partial charge is 0.496 e. The number of carbonyl (C=O) groups is 3. The summed E-state index contributed by atoms with van der Waals surface area (Å²) in [5.41, 5.74) is -1.47. The summed E-state index contributed by atoms with van der Waals surface area (Å²) in [5.74, 6) is -7.95. The van der Waals surface area contributed by atoms with Gasteiger partial charge in [0, 0.05) is 11.1 Å². The predicted molar refractivity (Wildman–Crippen MR) is 101 cm³/mol. The Balaban J connectivity index is 2.41. The summed E-state index contributed by atoms with van der Waals surface area (Å²) in [6.45, 7) is 2.52. The Hall–Kier alpha value is -3.42. The molecule has 3 rings (SSSR count). The zero-order valence-electron chi connectivity index (χ0n) is 16.3. The zero-order valence-corrected chi connectivity index (χ0v) is 16.3. The Morgan fingerprint density at radius 3 is 2.40 bits per heavy atom. The first-order valence-corrected chi connectivity index (χ1v) is 8.96. The van der Waals surface area contributed by atoms with Crippen molar-refractivity contribution in [3.63, 3.8) is 0 Å². The summed E-state index contributed by atoms with van der Waals surface area (Å²) in [4.78, 5) is 36.8. The number of aryl methyl sites for hydroxylation is 1. The van der Waals surface area contributed by atoms with Gasteiger partial charge >= 0.3 is 11.9 Å². The molecule has 0 fully saturated rings. The minimum atomic E-state index is -4.30. The van der Waals surface area contributed by atoms with Gasteiger partial charge in [-0.15, -0.1) is 0 Å². The predicted octanol–water partition coefficient (Wildman–Crippen LogP) is 4.15. The van der Waals surface area contributed by atoms with Crippen molar-refractivity contribution in [1.82, 2.24) is 0 Å². The number of fused-ring (bicyclic) bond motifs is 1. The number of alkyl halides is 2. The summed E-state index contributed by atoms with van der Waals surface area (Å²) in [6.07, 6.45) is 0.330. The lowest BCUT2D eigenvalue weighted by Crippen LogP contribution is -2.36. The van der Waals surface area contributed by atoms with E-state index in [-0.39, 0.29) is 45.7 Å². The summed E-state index contributed by atoms with van der Waals surface area (Å²) in [5, 5.41) is 0. The van der Waals surface area contributed by atoms with Crippen LogP contribution in [0.5, 0.6) is 5.75 Å². The lowest BCUT2D eigenvalue weighted by atomic mass is 9.91. The molecule has 0 aliphatic heterocycles. The smallest absolute Gasteiger partial charge is 0.382 e. The molecule has 1 aliphatic rings. The van der Waals surface area contributed by atoms with E-state index in [0.29, 0.717) is 6.29 Å². The van der Waals surface area contributed by atoms with E-state index in [4.69, 9.17) is 4.74 Å². The van der Waals surface area contributed by atoms with Gasteiger partial charge in [0.15, 0.2) is 12.1 Å². The molecule has 0 saturated heterocycles. The molecular weight excluding hydrogens is 401 g/mol. The summed E-state index contributed by atoms with van der Waals surface area (Å²) < 4.78 is 53.4. The van der Waals surface area contributed by atoms with Crippen LogP contribution < -0.4 is 4.74 Å². The van der Waals surface area contributed by atoms with Crippen LogP contribution in [-0.4, -0.2) is 37.7 Å². The average molecular weight is 418 g/mol. The van der Waals surface area contributed by atoms with E-state index in [1.807, 2.05) is 0 Å². The van der Waals surface area contributed by atoms with Crippen LogP contribution in [0.2, 0.25) is 0 Å². The fourth-order valence-electron chi connectivity index (χ4n) is 3.53. The SMILES string of the molecule is CCOC(=O)C(F)(F)C1=C(c2ccc(F)cc2C)c2ccc(OC)c(C=O)c2C1=O. The van der Waals surface area contributed by atoms with Crippen molar-refractivity contribution in [2.24, 2.45) is 0 Å². The Bertz CT molecular complexity index is 1100. The van der Waals surface area contributed by atoms with Crippen molar-refractivity contribution in [2.45, 2.75) is 19.8 Å². The number of Topliss-reactive ketones (excluding diaryl/α,β-unsaturated/α-hetero) is 1. The fraction of sp³-hybridized carbons (Fsp3) is 0.227. The lowest BCUT2D eigenvalue weighted by molar-refractivity contribution is -0.165. The first-order valence-electron chi connectivity index (χ1n) is 8.96. The normalized spacial score (nSPS) is 13.3. The standard InChI is InChI=1S/C22H17F3O5/c1-4-30-21(28)22(24,25)19-17(13-6-5-12(23)9-11(13)2)14-7-8-16(29-3)15(10-26)18(14)20(19)27/h5-10H,4H2,1-3H3. The zero-order chi connectivity index (χ0) is 22.2. The second-order valence-electron chi connectivity index (χ2n) is 6.56. The average Bonchev–Trinajstić information content (AvgIpc) is 3.00. The van der Waals surface area contributed by atoms with Crippen molar-refractivity contribution in [3.8, 4) is 5.75 Å². The number of hydrogen-bond donors (Lipinski definition) is 0. The molecule has 0 spiro atoms. The van der Waals surface area contributed by atoms with Gasteiger partial charge in [0.2, 0.25) is 0 Å². The highest BCUT2D eigenvalue weighted by atomic mass is 19.3. The molecule has 0 amide bonds. The molecule has 0 aromatic heterocycles. The summed E-state index contributed by atoms with van der Waals surface area (Å²) in [7, 11) is 1.26. The maximum atomic E-state index is 15.1. The molecule has 2 aromatic rings. The second kappa shape index (κ2) is 7.78. The van der Waals surface area contributed by atoms with E-state index >= 15 is 8.78 Å². The summed E-state index contributed by atoms with van der Waals surface area (Å²) >= 11 is 0. The van der Waals surface area contributed by atoms with Crippen molar-refractivity contribution in [2.75, 3.05) is 13.7 Å². The minimum Gasteiger partial charge on any atom is -0.496 e. The molecule has 1 aliphatic carbocycles. The molecule has 0 radical (unpaired) electrons. The third kappa shape index (κ3) is 3.18. The van der Waals surface area contributed by atoms with E-state index in [0.717, 1.165) is 12.1 Å². The molecular formula is C22H17F3O5. The Kier molecular flexibility index (Phi) is 5.52. The third-order valence-electron chi connectivity index (χ3n) is 4.82. The first kappa shape index (κ1) is 21.3. The molecule has 0 N–H and O–H groups in total. The lowest BCUT2D eigenvalue weighted by Gasteiger charge is -2.18. The van der Waals surface area contributed by atoms with Crippen molar-refractivity contribution in [1.29, 1.82) is 0 Å². The molecule has 0 heterocycles. The van der Waals surface area contributed by atoms with E-state index in [1.54, 1.807) is 0 Å². The van der Waals surface area contributed by atoms with E-state index in [1.165, 1.54) is 39.2 Å². The number of rotatable bonds is 6. The van der Waals surface area contributed by atoms with Gasteiger partial charge in [0.25, 0.3) is 0 Å². The van der Waals surface area contributed by atoms with Crippen LogP contribution in [0, 0.1) is 12.7 Å². The molecule has 2 aromatic carbocycles. The van der Waals surface area contributed by atoms with Crippen molar-refractivity contribution in [3.05, 3.63) is 69.5 Å². The molecule has 30 heavy (non-hydrogen) atoms. The van der Waals surface area contributed by atoms with Crippen molar-refractivity contribution >= 4 is 23.6 Å². The number of ketones is 1. The maximum absolute atomic E-state index is 15.1. The fourth-order valence-corrected chi connectivity index (χ4v) is 3.53. The van der Waals surface area contributed by atoms with Gasteiger partial charge in [-0.3, -0.25) is 9.59 Å². The highest BCUT2D eigenvalue weighted by molar-refractivity contribution is 6.28. The minimum absolute atomic E-state index is 0.0213. The van der Waals surface area contributed by atoms with Gasteiger partial charge < -0.3 is 9.47 Å². The number of aldehydes is 1. The number of hydrogen-bond acceptors (Lipinski definition) is 5. The Labute approximate surface area is 170 Å². The van der Waals surface area contributed by atoms with Crippen molar-refractivity contribution < 1.29 is 37.0 Å². The third-order valence-corrected chi connectivity index (χ3v) is 4.82. The van der Waals surface area contributed by atoms with E-state index in [2.05, 4.69) is 4.74 Å². The number of benzene rings is 2. The highest BCUT2D eigenvalue weighted by Crippen LogP contribution is 2.47. The van der Waals surface area contributed by atoms with Crippen LogP contribution in [0.4, 0.5) is 13.2 Å². The van der Waals surface area contributed by atoms with Gasteiger partial charge in [0.1, 0.15) is 11.6 Å². The summed E-state index contributed by atoms with van der Waals surface area (Å²) in [6, 6.07) is 6.14. The van der Waals surface area contributed by atoms with Crippen LogP contribution in [0.3, 0.4) is 0 Å². The monoisotopic (exact) mass is 418 g/mol. The van der Waals surface area contributed by atoms with Gasteiger partial charge in [-0.25, -0.2) is 9.18 Å². The number of methoxy groups -OCH3 is 1. The quantitative estimate of drug-likeness (QED) is 0.521. The number of esters is 1. The van der Waals surface area contributed by atoms with E-state index < -0.39 is 29.1 Å². The van der Waals surface area contributed by atoms with Gasteiger partial charge in [-0.1, -0.05) is 6.07 Å². The second-order valence-corrected chi connectivity index (χ2v) is 6.56. The molecule has 0 unspecified atom stereocenters. The van der Waals surface area contributed by atoms with Crippen LogP contribution >= 0.6 is 0 Å². The highest BCUT2D eigenvalue weighted by Gasteiger charge is 2.53. The molecule has 0 saturated carbocycles. The first-order chi connectivity index (χ1) is 14.2. The molecule has 8 heteroatoms. The van der Waals surface area contributed by atoms with Crippen LogP contribution in [0.1, 0.15) is 44.3 Å². The maximum Gasteiger partial charge on any atom is 0.382 e. The number of halogens is 3. The number of ether oxygens (including phenoxy) is 2. The molecule has 0 atom stereocenters. The van der Waals surface area contributed by atoms with Gasteiger partial charge in [-0.2, -0.15) is 8.78 Å². The van der Waals surface area contributed by atoms with Crippen LogP contribution in [-0.2, 0) is 9.53 Å². The molecule has 0 bridgehead atoms. The van der Waals surface area contributed by atoms with Crippen LogP contribution in [0.15, 0.2) is 35.9 Å². The molecule has 5 nitrogen and oxygen atoms in total.